The standard InChI is InChI=1S/C29H42N4O6/c1-19(2)16-22-27(36)31(15-13-26(35)38-29(5,6)7)18-24-32(22)28(37)23(17-20(3)4)39-33(24)25(34)12-11-21-10-8-9-14-30-21/h8-12,14,19-20,22-24H,13,15-18H2,1-7H3/b12-11+/t22-,23+,24-/m0/s1. The smallest absolute Gasteiger partial charge is 0.308 e. The van der Waals surface area contributed by atoms with Gasteiger partial charge in [-0.25, -0.2) is 0 Å². The number of fused-ring (bicyclic) bond motifs is 1. The predicted octanol–water partition coefficient (Wildman–Crippen LogP) is 3.43. The number of carbonyl (C=O) groups is 4. The minimum absolute atomic E-state index is 0.00241. The molecular weight excluding hydrogens is 500 g/mol. The third-order valence-corrected chi connectivity index (χ3v) is 6.37. The molecule has 0 bridgehead atoms. The Morgan fingerprint density at radius 1 is 1.10 bits per heavy atom. The summed E-state index contributed by atoms with van der Waals surface area (Å²) in [4.78, 5) is 66.6. The average Bonchev–Trinajstić information content (AvgIpc) is 2.83. The molecule has 10 nitrogen and oxygen atoms in total. The zero-order valence-electron chi connectivity index (χ0n) is 24.1. The molecule has 214 valence electrons. The minimum atomic E-state index is -0.885. The Kier molecular flexibility index (Phi) is 9.88. The van der Waals surface area contributed by atoms with Crippen LogP contribution in [0.3, 0.4) is 0 Å². The van der Waals surface area contributed by atoms with Crippen molar-refractivity contribution in [1.29, 1.82) is 0 Å². The lowest BCUT2D eigenvalue weighted by Gasteiger charge is -2.53. The number of piperazine rings is 1. The highest BCUT2D eigenvalue weighted by Crippen LogP contribution is 2.32. The number of hydrogen-bond donors (Lipinski definition) is 0. The van der Waals surface area contributed by atoms with Crippen LogP contribution in [0.2, 0.25) is 0 Å². The lowest BCUT2D eigenvalue weighted by Crippen LogP contribution is -2.73. The maximum Gasteiger partial charge on any atom is 0.308 e. The van der Waals surface area contributed by atoms with Gasteiger partial charge in [-0.15, -0.1) is 0 Å². The van der Waals surface area contributed by atoms with Gasteiger partial charge in [0, 0.05) is 18.8 Å². The van der Waals surface area contributed by atoms with Crippen LogP contribution in [-0.2, 0) is 28.8 Å². The van der Waals surface area contributed by atoms with Crippen molar-refractivity contribution in [2.75, 3.05) is 13.1 Å². The number of pyridine rings is 1. The van der Waals surface area contributed by atoms with E-state index in [1.54, 1.807) is 50.1 Å². The zero-order valence-corrected chi connectivity index (χ0v) is 24.1. The van der Waals surface area contributed by atoms with Crippen LogP contribution < -0.4 is 0 Å². The van der Waals surface area contributed by atoms with Crippen molar-refractivity contribution < 1.29 is 28.8 Å². The van der Waals surface area contributed by atoms with E-state index in [1.165, 1.54) is 16.0 Å². The Bertz CT molecular complexity index is 1070. The number of amides is 3. The number of rotatable bonds is 9. The van der Waals surface area contributed by atoms with Crippen LogP contribution in [-0.4, -0.2) is 80.5 Å². The number of nitrogens with zero attached hydrogens (tertiary/aromatic N) is 4. The number of esters is 1. The van der Waals surface area contributed by atoms with Gasteiger partial charge in [0.25, 0.3) is 11.8 Å². The Morgan fingerprint density at radius 3 is 2.38 bits per heavy atom. The Hall–Kier alpha value is -3.27. The highest BCUT2D eigenvalue weighted by Gasteiger charge is 2.52. The fourth-order valence-corrected chi connectivity index (χ4v) is 4.78. The van der Waals surface area contributed by atoms with Crippen molar-refractivity contribution in [3.8, 4) is 0 Å². The number of ether oxygens (including phenoxy) is 1. The summed E-state index contributed by atoms with van der Waals surface area (Å²) in [5.41, 5.74) is -0.0388. The second-order valence-electron chi connectivity index (χ2n) is 12.0. The molecule has 0 N–H and O–H groups in total. The van der Waals surface area contributed by atoms with Crippen LogP contribution >= 0.6 is 0 Å². The van der Waals surface area contributed by atoms with Gasteiger partial charge in [-0.1, -0.05) is 33.8 Å². The molecule has 3 heterocycles. The molecule has 0 aliphatic carbocycles. The van der Waals surface area contributed by atoms with Crippen LogP contribution in [0.5, 0.6) is 0 Å². The van der Waals surface area contributed by atoms with Crippen molar-refractivity contribution in [2.24, 2.45) is 11.8 Å². The highest BCUT2D eigenvalue weighted by atomic mass is 16.7. The summed E-state index contributed by atoms with van der Waals surface area (Å²) in [6, 6.07) is 4.60. The highest BCUT2D eigenvalue weighted by molar-refractivity contribution is 5.95. The molecule has 39 heavy (non-hydrogen) atoms. The van der Waals surface area contributed by atoms with Crippen molar-refractivity contribution in [2.45, 2.75) is 91.6 Å². The van der Waals surface area contributed by atoms with E-state index in [-0.39, 0.29) is 43.2 Å². The molecule has 10 heteroatoms. The summed E-state index contributed by atoms with van der Waals surface area (Å²) in [7, 11) is 0. The molecule has 0 unspecified atom stereocenters. The molecule has 1 aromatic heterocycles. The van der Waals surface area contributed by atoms with Gasteiger partial charge in [0.15, 0.2) is 12.3 Å². The van der Waals surface area contributed by atoms with Gasteiger partial charge in [-0.05, 0) is 63.7 Å². The molecule has 3 rings (SSSR count). The topological polar surface area (TPSA) is 109 Å². The fourth-order valence-electron chi connectivity index (χ4n) is 4.78. The van der Waals surface area contributed by atoms with Crippen LogP contribution in [0.1, 0.15) is 73.4 Å². The van der Waals surface area contributed by atoms with Gasteiger partial charge in [0.2, 0.25) is 5.91 Å². The molecule has 1 aromatic rings. The molecule has 0 saturated carbocycles. The molecule has 2 saturated heterocycles. The quantitative estimate of drug-likeness (QED) is 0.347. The number of hydrogen-bond acceptors (Lipinski definition) is 7. The first kappa shape index (κ1) is 30.3. The predicted molar refractivity (Wildman–Crippen MR) is 145 cm³/mol. The zero-order chi connectivity index (χ0) is 28.9. The maximum absolute atomic E-state index is 13.7. The molecule has 2 aliphatic heterocycles. The van der Waals surface area contributed by atoms with Gasteiger partial charge < -0.3 is 14.5 Å². The van der Waals surface area contributed by atoms with Crippen molar-refractivity contribution >= 4 is 29.8 Å². The molecular formula is C29H42N4O6. The first-order valence-electron chi connectivity index (χ1n) is 13.7. The second kappa shape index (κ2) is 12.7. The molecule has 0 spiro atoms. The van der Waals surface area contributed by atoms with Crippen LogP contribution in [0.15, 0.2) is 30.5 Å². The largest absolute Gasteiger partial charge is 0.460 e. The SMILES string of the molecule is CC(C)C[C@H]1ON(C(=O)/C=C/c2ccccn2)[C@H]2CN(CCC(=O)OC(C)(C)C)C(=O)[C@H](CC(C)C)N2C1=O. The molecule has 2 aliphatic rings. The maximum atomic E-state index is 13.7. The Morgan fingerprint density at radius 2 is 1.79 bits per heavy atom. The summed E-state index contributed by atoms with van der Waals surface area (Å²) >= 11 is 0. The van der Waals surface area contributed by atoms with Crippen LogP contribution in [0.25, 0.3) is 6.08 Å². The van der Waals surface area contributed by atoms with Crippen LogP contribution in [0, 0.1) is 11.8 Å². The summed E-state index contributed by atoms with van der Waals surface area (Å²) in [5, 5.41) is 1.22. The second-order valence-corrected chi connectivity index (χ2v) is 12.0. The van der Waals surface area contributed by atoms with E-state index in [2.05, 4.69) is 4.98 Å². The van der Waals surface area contributed by atoms with Gasteiger partial charge >= 0.3 is 5.97 Å². The lowest BCUT2D eigenvalue weighted by molar-refractivity contribution is -0.274. The van der Waals surface area contributed by atoms with Gasteiger partial charge in [0.05, 0.1) is 18.7 Å². The molecule has 3 amide bonds. The summed E-state index contributed by atoms with van der Waals surface area (Å²) in [6.45, 7) is 13.4. The van der Waals surface area contributed by atoms with Crippen molar-refractivity contribution in [3.05, 3.63) is 36.2 Å². The molecule has 3 atom stereocenters. The Labute approximate surface area is 231 Å². The van der Waals surface area contributed by atoms with Gasteiger partial charge in [-0.2, -0.15) is 5.06 Å². The van der Waals surface area contributed by atoms with E-state index in [0.29, 0.717) is 18.5 Å². The van der Waals surface area contributed by atoms with Crippen LogP contribution in [0.4, 0.5) is 0 Å². The van der Waals surface area contributed by atoms with Crippen molar-refractivity contribution in [3.63, 3.8) is 0 Å². The summed E-state index contributed by atoms with van der Waals surface area (Å²) in [5.74, 6) is -1.17. The Balaban J connectivity index is 1.93. The van der Waals surface area contributed by atoms with E-state index < -0.39 is 35.8 Å². The monoisotopic (exact) mass is 542 g/mol. The average molecular weight is 543 g/mol. The van der Waals surface area contributed by atoms with E-state index in [9.17, 15) is 19.2 Å². The van der Waals surface area contributed by atoms with E-state index in [0.717, 1.165) is 0 Å². The normalized spacial score (nSPS) is 22.2. The molecule has 2 fully saturated rings. The molecule has 0 radical (unpaired) electrons. The van der Waals surface area contributed by atoms with Crippen molar-refractivity contribution in [1.82, 2.24) is 19.8 Å². The minimum Gasteiger partial charge on any atom is -0.460 e. The first-order chi connectivity index (χ1) is 18.3. The summed E-state index contributed by atoms with van der Waals surface area (Å²) in [6.07, 6.45) is 3.69. The van der Waals surface area contributed by atoms with E-state index in [1.807, 2.05) is 33.8 Å². The van der Waals surface area contributed by atoms with E-state index in [4.69, 9.17) is 9.57 Å². The van der Waals surface area contributed by atoms with Gasteiger partial charge in [0.1, 0.15) is 11.6 Å². The van der Waals surface area contributed by atoms with E-state index >= 15 is 0 Å². The summed E-state index contributed by atoms with van der Waals surface area (Å²) < 4.78 is 5.42. The fraction of sp³-hybridized carbons (Fsp3) is 0.621. The third kappa shape index (κ3) is 8.11. The van der Waals surface area contributed by atoms with Gasteiger partial charge in [-0.3, -0.25) is 29.0 Å². The third-order valence-electron chi connectivity index (χ3n) is 6.37. The number of carbonyl (C=O) groups excluding carboxylic acids is 4. The lowest BCUT2D eigenvalue weighted by atomic mass is 9.95. The first-order valence-corrected chi connectivity index (χ1v) is 13.7. The number of aromatic nitrogens is 1. The molecule has 0 aromatic carbocycles. The number of hydroxylamine groups is 2.